The molecule has 0 saturated carbocycles. The largest absolute Gasteiger partial charge is 0.481 e. The summed E-state index contributed by atoms with van der Waals surface area (Å²) in [7, 11) is 1.56. The van der Waals surface area contributed by atoms with E-state index in [1.807, 2.05) is 0 Å². The van der Waals surface area contributed by atoms with Crippen LogP contribution in [0.3, 0.4) is 0 Å². The van der Waals surface area contributed by atoms with Gasteiger partial charge in [0.15, 0.2) is 0 Å². The summed E-state index contributed by atoms with van der Waals surface area (Å²) in [5.74, 6) is 0.731. The lowest BCUT2D eigenvalue weighted by atomic mass is 10.2. The van der Waals surface area contributed by atoms with Crippen molar-refractivity contribution < 1.29 is 14.7 Å². The molecule has 6 heteroatoms. The van der Waals surface area contributed by atoms with E-state index in [1.165, 1.54) is 0 Å². The Morgan fingerprint density at radius 3 is 2.93 bits per heavy atom. The Balaban J connectivity index is 2.58. The van der Waals surface area contributed by atoms with Gasteiger partial charge in [-0.15, -0.1) is 0 Å². The molecule has 1 unspecified atom stereocenters. The highest BCUT2D eigenvalue weighted by Crippen LogP contribution is 2.18. The number of urea groups is 1. The van der Waals surface area contributed by atoms with Gasteiger partial charge in [0.25, 0.3) is 0 Å². The topological polar surface area (TPSA) is 69.6 Å². The van der Waals surface area contributed by atoms with E-state index in [0.717, 1.165) is 5.75 Å². The van der Waals surface area contributed by atoms with Crippen LogP contribution in [0.1, 0.15) is 6.42 Å². The maximum Gasteiger partial charge on any atom is 0.317 e. The van der Waals surface area contributed by atoms with Crippen LogP contribution in [0.4, 0.5) is 4.79 Å². The predicted octanol–water partition coefficient (Wildman–Crippen LogP) is 0.218. The fourth-order valence-corrected chi connectivity index (χ4v) is 2.50. The minimum absolute atomic E-state index is 0.0282. The van der Waals surface area contributed by atoms with Gasteiger partial charge >= 0.3 is 12.0 Å². The molecule has 1 fully saturated rings. The SMILES string of the molecule is CNC(=O)N1CCSCC1CC(=O)O. The molecule has 0 radical (unpaired) electrons. The number of aliphatic carboxylic acids is 1. The van der Waals surface area contributed by atoms with E-state index in [1.54, 1.807) is 23.7 Å². The third-order valence-corrected chi connectivity index (χ3v) is 3.20. The minimum Gasteiger partial charge on any atom is -0.481 e. The highest BCUT2D eigenvalue weighted by molar-refractivity contribution is 7.99. The Morgan fingerprint density at radius 1 is 1.64 bits per heavy atom. The Morgan fingerprint density at radius 2 is 2.36 bits per heavy atom. The maximum absolute atomic E-state index is 11.4. The first-order valence-corrected chi connectivity index (χ1v) is 5.58. The van der Waals surface area contributed by atoms with Crippen molar-refractivity contribution in [3.8, 4) is 0 Å². The first kappa shape index (κ1) is 11.2. The van der Waals surface area contributed by atoms with Gasteiger partial charge in [0.05, 0.1) is 12.5 Å². The summed E-state index contributed by atoms with van der Waals surface area (Å²) >= 11 is 1.69. The lowest BCUT2D eigenvalue weighted by Crippen LogP contribution is -2.50. The number of nitrogens with one attached hydrogen (secondary N) is 1. The highest BCUT2D eigenvalue weighted by Gasteiger charge is 2.27. The molecule has 0 aromatic rings. The fourth-order valence-electron chi connectivity index (χ4n) is 1.44. The molecule has 1 rings (SSSR count). The van der Waals surface area contributed by atoms with Crippen LogP contribution < -0.4 is 5.32 Å². The summed E-state index contributed by atoms with van der Waals surface area (Å²) in [4.78, 5) is 23.5. The number of carboxylic acid groups (broad SMARTS) is 1. The summed E-state index contributed by atoms with van der Waals surface area (Å²) in [6, 6.07) is -0.359. The molecule has 0 bridgehead atoms. The van der Waals surface area contributed by atoms with Gasteiger partial charge in [-0.25, -0.2) is 4.79 Å². The first-order valence-electron chi connectivity index (χ1n) is 4.43. The van der Waals surface area contributed by atoms with E-state index >= 15 is 0 Å². The van der Waals surface area contributed by atoms with Crippen molar-refractivity contribution in [2.75, 3.05) is 25.1 Å². The number of thioether (sulfide) groups is 1. The summed E-state index contributed by atoms with van der Waals surface area (Å²) in [5.41, 5.74) is 0. The van der Waals surface area contributed by atoms with Crippen LogP contribution in [-0.4, -0.2) is 53.1 Å². The Kier molecular flexibility index (Phi) is 4.06. The molecule has 2 amide bonds. The second kappa shape index (κ2) is 5.09. The minimum atomic E-state index is -0.855. The number of hydrogen-bond acceptors (Lipinski definition) is 3. The number of carbonyl (C=O) groups is 2. The number of nitrogens with zero attached hydrogens (tertiary/aromatic N) is 1. The van der Waals surface area contributed by atoms with Crippen molar-refractivity contribution in [3.05, 3.63) is 0 Å². The van der Waals surface area contributed by atoms with Crippen molar-refractivity contribution in [3.63, 3.8) is 0 Å². The van der Waals surface area contributed by atoms with E-state index < -0.39 is 5.97 Å². The number of amides is 2. The second-order valence-electron chi connectivity index (χ2n) is 3.08. The number of rotatable bonds is 2. The van der Waals surface area contributed by atoms with Crippen LogP contribution in [0.25, 0.3) is 0 Å². The molecule has 1 heterocycles. The molecule has 80 valence electrons. The fraction of sp³-hybridized carbons (Fsp3) is 0.750. The standard InChI is InChI=1S/C8H14N2O3S/c1-9-8(13)10-2-3-14-5-6(10)4-7(11)12/h6H,2-5H2,1H3,(H,9,13)(H,11,12). The van der Waals surface area contributed by atoms with Crippen molar-refractivity contribution in [2.24, 2.45) is 0 Å². The summed E-state index contributed by atoms with van der Waals surface area (Å²) < 4.78 is 0. The van der Waals surface area contributed by atoms with E-state index in [9.17, 15) is 9.59 Å². The second-order valence-corrected chi connectivity index (χ2v) is 4.22. The van der Waals surface area contributed by atoms with Gasteiger partial charge in [0.2, 0.25) is 0 Å². The molecule has 1 aliphatic rings. The summed E-state index contributed by atoms with van der Waals surface area (Å²) in [6.07, 6.45) is 0.0282. The maximum atomic E-state index is 11.4. The Hall–Kier alpha value is -0.910. The molecule has 0 aliphatic carbocycles. The van der Waals surface area contributed by atoms with Crippen LogP contribution in [0.5, 0.6) is 0 Å². The van der Waals surface area contributed by atoms with Crippen LogP contribution in [-0.2, 0) is 4.79 Å². The quantitative estimate of drug-likeness (QED) is 0.695. The predicted molar refractivity (Wildman–Crippen MR) is 54.5 cm³/mol. The molecule has 0 spiro atoms. The van der Waals surface area contributed by atoms with Gasteiger partial charge in [-0.1, -0.05) is 0 Å². The van der Waals surface area contributed by atoms with Crippen molar-refractivity contribution in [1.29, 1.82) is 0 Å². The average Bonchev–Trinajstić information content (AvgIpc) is 2.16. The first-order chi connectivity index (χ1) is 6.65. The van der Waals surface area contributed by atoms with Crippen LogP contribution in [0.15, 0.2) is 0 Å². The number of hydrogen-bond donors (Lipinski definition) is 2. The summed E-state index contributed by atoms with van der Waals surface area (Å²) in [6.45, 7) is 0.627. The van der Waals surface area contributed by atoms with Gasteiger partial charge in [-0.05, 0) is 0 Å². The number of carboxylic acids is 1. The van der Waals surface area contributed by atoms with E-state index in [4.69, 9.17) is 5.11 Å². The molecule has 5 nitrogen and oxygen atoms in total. The third kappa shape index (κ3) is 2.80. The van der Waals surface area contributed by atoms with Gasteiger partial charge in [-0.2, -0.15) is 11.8 Å². The van der Waals surface area contributed by atoms with Gasteiger partial charge < -0.3 is 15.3 Å². The summed E-state index contributed by atoms with van der Waals surface area (Å²) in [5, 5.41) is 11.2. The van der Waals surface area contributed by atoms with Crippen molar-refractivity contribution in [1.82, 2.24) is 10.2 Å². The number of carbonyl (C=O) groups excluding carboxylic acids is 1. The van der Waals surface area contributed by atoms with Crippen LogP contribution in [0, 0.1) is 0 Å². The smallest absolute Gasteiger partial charge is 0.317 e. The zero-order chi connectivity index (χ0) is 10.6. The lowest BCUT2D eigenvalue weighted by Gasteiger charge is -2.34. The normalized spacial score (nSPS) is 21.8. The molecule has 0 aromatic heterocycles. The lowest BCUT2D eigenvalue weighted by molar-refractivity contribution is -0.137. The molecule has 1 atom stereocenters. The average molecular weight is 218 g/mol. The molecular weight excluding hydrogens is 204 g/mol. The van der Waals surface area contributed by atoms with E-state index in [-0.39, 0.29) is 18.5 Å². The van der Waals surface area contributed by atoms with Gasteiger partial charge in [0.1, 0.15) is 0 Å². The Bertz CT molecular complexity index is 235. The van der Waals surface area contributed by atoms with E-state index in [2.05, 4.69) is 5.32 Å². The monoisotopic (exact) mass is 218 g/mol. The van der Waals surface area contributed by atoms with Gasteiger partial charge in [0, 0.05) is 25.1 Å². The highest BCUT2D eigenvalue weighted by atomic mass is 32.2. The van der Waals surface area contributed by atoms with Crippen LogP contribution in [0.2, 0.25) is 0 Å². The Labute approximate surface area is 86.8 Å². The molecule has 0 aromatic carbocycles. The molecule has 14 heavy (non-hydrogen) atoms. The molecule has 2 N–H and O–H groups in total. The van der Waals surface area contributed by atoms with Gasteiger partial charge in [-0.3, -0.25) is 4.79 Å². The molecule has 1 saturated heterocycles. The third-order valence-electron chi connectivity index (χ3n) is 2.11. The zero-order valence-electron chi connectivity index (χ0n) is 8.02. The van der Waals surface area contributed by atoms with Crippen LogP contribution >= 0.6 is 11.8 Å². The van der Waals surface area contributed by atoms with Crippen molar-refractivity contribution >= 4 is 23.8 Å². The van der Waals surface area contributed by atoms with Crippen molar-refractivity contribution in [2.45, 2.75) is 12.5 Å². The zero-order valence-corrected chi connectivity index (χ0v) is 8.84. The molecular formula is C8H14N2O3S. The van der Waals surface area contributed by atoms with E-state index in [0.29, 0.717) is 12.3 Å². The molecule has 1 aliphatic heterocycles.